The van der Waals surface area contributed by atoms with Crippen molar-refractivity contribution in [2.75, 3.05) is 38.2 Å². The van der Waals surface area contributed by atoms with Gasteiger partial charge in [-0.05, 0) is 43.9 Å². The first-order chi connectivity index (χ1) is 13.5. The fourth-order valence-electron chi connectivity index (χ4n) is 4.10. The van der Waals surface area contributed by atoms with E-state index in [1.165, 1.54) is 30.6 Å². The normalized spacial score (nSPS) is 19.2. The van der Waals surface area contributed by atoms with Gasteiger partial charge in [-0.15, -0.1) is 0 Å². The maximum Gasteiger partial charge on any atom is 0.308 e. The Hall–Kier alpha value is -2.22. The maximum absolute atomic E-state index is 13.4. The molecule has 0 atom stereocenters. The van der Waals surface area contributed by atoms with E-state index in [2.05, 4.69) is 9.88 Å². The van der Waals surface area contributed by atoms with Crippen LogP contribution >= 0.6 is 11.3 Å². The van der Waals surface area contributed by atoms with Gasteiger partial charge in [-0.25, -0.2) is 9.37 Å². The van der Waals surface area contributed by atoms with E-state index in [0.717, 1.165) is 41.3 Å². The van der Waals surface area contributed by atoms with E-state index in [4.69, 9.17) is 4.74 Å². The number of esters is 1. The van der Waals surface area contributed by atoms with Crippen LogP contribution < -0.4 is 4.90 Å². The molecule has 4 rings (SSSR count). The van der Waals surface area contributed by atoms with Crippen molar-refractivity contribution in [3.8, 4) is 0 Å². The average Bonchev–Trinajstić information content (AvgIpc) is 3.16. The Labute approximate surface area is 167 Å². The number of hydrogen-bond acceptors (Lipinski definition) is 6. The minimum absolute atomic E-state index is 0.0257. The first-order valence-corrected chi connectivity index (χ1v) is 10.5. The fourth-order valence-corrected chi connectivity index (χ4v) is 5.14. The zero-order valence-electron chi connectivity index (χ0n) is 15.9. The summed E-state index contributed by atoms with van der Waals surface area (Å²) in [7, 11) is 1.41. The molecule has 3 heterocycles. The summed E-state index contributed by atoms with van der Waals surface area (Å²) in [4.78, 5) is 33.2. The molecule has 1 amide bonds. The molecule has 0 spiro atoms. The van der Waals surface area contributed by atoms with E-state index in [1.807, 2.05) is 4.90 Å². The van der Waals surface area contributed by atoms with E-state index in [1.54, 1.807) is 6.07 Å². The molecule has 2 aliphatic heterocycles. The number of nitrogens with zero attached hydrogens (tertiary/aromatic N) is 3. The molecule has 2 aliphatic rings. The van der Waals surface area contributed by atoms with Crippen LogP contribution in [0.4, 0.5) is 9.52 Å². The van der Waals surface area contributed by atoms with Crippen LogP contribution in [0.15, 0.2) is 18.2 Å². The van der Waals surface area contributed by atoms with Crippen LogP contribution in [0.2, 0.25) is 0 Å². The molecule has 6 nitrogen and oxygen atoms in total. The van der Waals surface area contributed by atoms with Crippen molar-refractivity contribution < 1.29 is 18.7 Å². The highest BCUT2D eigenvalue weighted by Crippen LogP contribution is 2.32. The van der Waals surface area contributed by atoms with Crippen molar-refractivity contribution >= 4 is 38.6 Å². The molecular formula is C20H24FN3O3S. The molecule has 150 valence electrons. The summed E-state index contributed by atoms with van der Waals surface area (Å²) in [6.45, 7) is 2.80. The SMILES string of the molecule is COC(=O)C1CCN(C(=O)C2CCN(c3nc4ccc(F)cc4s3)CC2)CC1. The second kappa shape index (κ2) is 8.03. The number of methoxy groups -OCH3 is 1. The monoisotopic (exact) mass is 405 g/mol. The molecule has 2 saturated heterocycles. The Kier molecular flexibility index (Phi) is 5.48. The summed E-state index contributed by atoms with van der Waals surface area (Å²) < 4.78 is 19.1. The van der Waals surface area contributed by atoms with Crippen molar-refractivity contribution in [3.63, 3.8) is 0 Å². The summed E-state index contributed by atoms with van der Waals surface area (Å²) in [6.07, 6.45) is 2.94. The van der Waals surface area contributed by atoms with Gasteiger partial charge in [0.05, 0.1) is 23.2 Å². The molecule has 0 aliphatic carbocycles. The minimum Gasteiger partial charge on any atom is -0.469 e. The molecule has 1 aromatic carbocycles. The lowest BCUT2D eigenvalue weighted by molar-refractivity contribution is -0.149. The highest BCUT2D eigenvalue weighted by Gasteiger charge is 2.33. The van der Waals surface area contributed by atoms with Crippen molar-refractivity contribution in [1.82, 2.24) is 9.88 Å². The lowest BCUT2D eigenvalue weighted by Gasteiger charge is -2.36. The summed E-state index contributed by atoms with van der Waals surface area (Å²) >= 11 is 1.50. The van der Waals surface area contributed by atoms with Crippen molar-refractivity contribution in [1.29, 1.82) is 0 Å². The van der Waals surface area contributed by atoms with Crippen LogP contribution in [0.25, 0.3) is 10.2 Å². The van der Waals surface area contributed by atoms with Gasteiger partial charge in [0.25, 0.3) is 0 Å². The largest absolute Gasteiger partial charge is 0.469 e. The summed E-state index contributed by atoms with van der Waals surface area (Å²) in [6, 6.07) is 4.66. The number of benzene rings is 1. The Balaban J connectivity index is 1.32. The molecule has 0 saturated carbocycles. The number of anilines is 1. The lowest BCUT2D eigenvalue weighted by Crippen LogP contribution is -2.46. The second-order valence-electron chi connectivity index (χ2n) is 7.49. The van der Waals surface area contributed by atoms with E-state index in [9.17, 15) is 14.0 Å². The maximum atomic E-state index is 13.4. The number of halogens is 1. The number of amides is 1. The van der Waals surface area contributed by atoms with E-state index < -0.39 is 0 Å². The van der Waals surface area contributed by atoms with Gasteiger partial charge in [0.1, 0.15) is 5.82 Å². The third kappa shape index (κ3) is 3.83. The first kappa shape index (κ1) is 19.1. The summed E-state index contributed by atoms with van der Waals surface area (Å²) in [5.74, 6) is -0.272. The van der Waals surface area contributed by atoms with E-state index in [0.29, 0.717) is 25.9 Å². The van der Waals surface area contributed by atoms with Crippen LogP contribution in [0.3, 0.4) is 0 Å². The number of ether oxygens (including phenoxy) is 1. The van der Waals surface area contributed by atoms with Gasteiger partial charge in [-0.3, -0.25) is 9.59 Å². The van der Waals surface area contributed by atoms with Crippen molar-refractivity contribution in [2.45, 2.75) is 25.7 Å². The number of thiazole rings is 1. The van der Waals surface area contributed by atoms with E-state index in [-0.39, 0.29) is 29.5 Å². The Morgan fingerprint density at radius 3 is 2.46 bits per heavy atom. The molecule has 1 aromatic heterocycles. The molecular weight excluding hydrogens is 381 g/mol. The molecule has 0 unspecified atom stereocenters. The number of aromatic nitrogens is 1. The molecule has 2 fully saturated rings. The molecule has 28 heavy (non-hydrogen) atoms. The van der Waals surface area contributed by atoms with Crippen molar-refractivity contribution in [2.24, 2.45) is 11.8 Å². The van der Waals surface area contributed by atoms with Gasteiger partial charge in [0.2, 0.25) is 5.91 Å². The quantitative estimate of drug-likeness (QED) is 0.735. The molecule has 0 N–H and O–H groups in total. The number of carbonyl (C=O) groups excluding carboxylic acids is 2. The zero-order chi connectivity index (χ0) is 19.7. The second-order valence-corrected chi connectivity index (χ2v) is 8.50. The van der Waals surface area contributed by atoms with Crippen LogP contribution in [0.5, 0.6) is 0 Å². The summed E-state index contributed by atoms with van der Waals surface area (Å²) in [5, 5.41) is 0.894. The number of fused-ring (bicyclic) bond motifs is 1. The van der Waals surface area contributed by atoms with Crippen LogP contribution in [-0.4, -0.2) is 55.0 Å². The van der Waals surface area contributed by atoms with Gasteiger partial charge in [0, 0.05) is 32.1 Å². The van der Waals surface area contributed by atoms with Crippen LogP contribution in [-0.2, 0) is 14.3 Å². The number of hydrogen-bond donors (Lipinski definition) is 0. The predicted molar refractivity (Wildman–Crippen MR) is 106 cm³/mol. The van der Waals surface area contributed by atoms with Gasteiger partial charge < -0.3 is 14.5 Å². The Morgan fingerprint density at radius 1 is 1.11 bits per heavy atom. The molecule has 2 aromatic rings. The van der Waals surface area contributed by atoms with Gasteiger partial charge in [-0.2, -0.15) is 0 Å². The van der Waals surface area contributed by atoms with Gasteiger partial charge >= 0.3 is 5.97 Å². The van der Waals surface area contributed by atoms with Crippen LogP contribution in [0, 0.1) is 17.7 Å². The first-order valence-electron chi connectivity index (χ1n) is 9.73. The standard InChI is InChI=1S/C20H24FN3O3S/c1-27-19(26)14-6-8-23(9-7-14)18(25)13-4-10-24(11-5-13)20-22-16-3-2-15(21)12-17(16)28-20/h2-3,12-14H,4-11H2,1H3. The predicted octanol–water partition coefficient (Wildman–Crippen LogP) is 3.06. The number of rotatable bonds is 3. The van der Waals surface area contributed by atoms with Gasteiger partial charge in [0.15, 0.2) is 5.13 Å². The molecule has 0 radical (unpaired) electrons. The zero-order valence-corrected chi connectivity index (χ0v) is 16.7. The minimum atomic E-state index is -0.247. The Morgan fingerprint density at radius 2 is 1.79 bits per heavy atom. The smallest absolute Gasteiger partial charge is 0.308 e. The fraction of sp³-hybridized carbons (Fsp3) is 0.550. The van der Waals surface area contributed by atoms with Crippen LogP contribution in [0.1, 0.15) is 25.7 Å². The van der Waals surface area contributed by atoms with Crippen molar-refractivity contribution in [3.05, 3.63) is 24.0 Å². The molecule has 0 bridgehead atoms. The Bertz CT molecular complexity index is 871. The van der Waals surface area contributed by atoms with Gasteiger partial charge in [-0.1, -0.05) is 11.3 Å². The third-order valence-corrected chi connectivity index (χ3v) is 6.87. The summed E-state index contributed by atoms with van der Waals surface area (Å²) in [5.41, 5.74) is 0.813. The highest BCUT2D eigenvalue weighted by atomic mass is 32.1. The third-order valence-electron chi connectivity index (χ3n) is 5.80. The van der Waals surface area contributed by atoms with E-state index >= 15 is 0 Å². The highest BCUT2D eigenvalue weighted by molar-refractivity contribution is 7.22. The topological polar surface area (TPSA) is 62.7 Å². The number of likely N-dealkylation sites (tertiary alicyclic amines) is 1. The molecule has 8 heteroatoms. The lowest BCUT2D eigenvalue weighted by atomic mass is 9.92. The average molecular weight is 405 g/mol. The number of carbonyl (C=O) groups is 2. The number of piperidine rings is 2.